The van der Waals surface area contributed by atoms with Crippen molar-refractivity contribution in [3.8, 4) is 11.4 Å². The van der Waals surface area contributed by atoms with Gasteiger partial charge in [0.1, 0.15) is 5.82 Å². The van der Waals surface area contributed by atoms with Crippen LogP contribution in [-0.4, -0.2) is 44.0 Å². The van der Waals surface area contributed by atoms with Crippen molar-refractivity contribution in [3.63, 3.8) is 0 Å². The molecule has 9 nitrogen and oxygen atoms in total. The first-order chi connectivity index (χ1) is 15.9. The molecule has 0 fully saturated rings. The minimum atomic E-state index is -1.11. The Balaban J connectivity index is 1.48. The van der Waals surface area contributed by atoms with E-state index in [-0.39, 0.29) is 17.5 Å². The van der Waals surface area contributed by atoms with Crippen molar-refractivity contribution < 1.29 is 24.2 Å². The molecule has 4 aromatic rings. The number of aromatic carboxylic acids is 1. The van der Waals surface area contributed by atoms with Crippen LogP contribution in [-0.2, 0) is 9.53 Å². The fraction of sp³-hybridized carbons (Fsp3) is 0.125. The van der Waals surface area contributed by atoms with Gasteiger partial charge >= 0.3 is 11.9 Å². The molecule has 1 amide bonds. The number of aromatic nitrogens is 3. The summed E-state index contributed by atoms with van der Waals surface area (Å²) in [5.74, 6) is -1.69. The lowest BCUT2D eigenvalue weighted by Gasteiger charge is -2.16. The number of ether oxygens (including phenoxy) is 1. The van der Waals surface area contributed by atoms with Crippen molar-refractivity contribution in [2.75, 3.05) is 5.32 Å². The van der Waals surface area contributed by atoms with E-state index in [9.17, 15) is 14.4 Å². The van der Waals surface area contributed by atoms with Crippen LogP contribution in [0.1, 0.15) is 34.1 Å². The molecule has 1 unspecified atom stereocenters. The van der Waals surface area contributed by atoms with Gasteiger partial charge in [-0.05, 0) is 55.0 Å². The normalized spacial score (nSPS) is 11.7. The Morgan fingerprint density at radius 2 is 1.94 bits per heavy atom. The number of nitrogens with zero attached hydrogens (tertiary/aromatic N) is 2. The van der Waals surface area contributed by atoms with Gasteiger partial charge in [0.25, 0.3) is 5.91 Å². The van der Waals surface area contributed by atoms with E-state index in [2.05, 4.69) is 20.3 Å². The number of fused-ring (bicyclic) bond motifs is 1. The zero-order valence-electron chi connectivity index (χ0n) is 17.6. The highest BCUT2D eigenvalue weighted by molar-refractivity contribution is 5.99. The number of amides is 1. The number of aromatic amines is 1. The van der Waals surface area contributed by atoms with Crippen LogP contribution in [0.5, 0.6) is 0 Å². The largest absolute Gasteiger partial charge is 0.478 e. The van der Waals surface area contributed by atoms with Crippen molar-refractivity contribution in [1.82, 2.24) is 15.0 Å². The smallest absolute Gasteiger partial charge is 0.338 e. The van der Waals surface area contributed by atoms with Crippen molar-refractivity contribution in [3.05, 3.63) is 78.1 Å². The van der Waals surface area contributed by atoms with Gasteiger partial charge in [-0.15, -0.1) is 0 Å². The maximum Gasteiger partial charge on any atom is 0.338 e. The van der Waals surface area contributed by atoms with E-state index in [1.807, 2.05) is 6.07 Å². The number of carboxylic acid groups (broad SMARTS) is 1. The first-order valence-electron chi connectivity index (χ1n) is 10.2. The van der Waals surface area contributed by atoms with E-state index in [0.717, 1.165) is 5.56 Å². The number of H-pyrrole nitrogens is 1. The number of nitrogens with one attached hydrogen (secondary N) is 2. The minimum Gasteiger partial charge on any atom is -0.478 e. The van der Waals surface area contributed by atoms with Crippen LogP contribution >= 0.6 is 0 Å². The van der Waals surface area contributed by atoms with Crippen LogP contribution in [0, 0.1) is 0 Å². The van der Waals surface area contributed by atoms with Crippen LogP contribution < -0.4 is 5.32 Å². The number of hydrogen-bond acceptors (Lipinski definition) is 6. The number of pyridine rings is 1. The number of carboxylic acids is 1. The standard InChI is InChI=1S/C24H20N4O5/c1-2-20(22(29)26-17-7-3-5-14(11-17)23(30)31)33-24(32)15-8-9-18-19(12-15)28-21(27-18)16-6-4-10-25-13-16/h3-13,20H,2H2,1H3,(H,26,29)(H,27,28)(H,30,31). The Morgan fingerprint density at radius 1 is 1.09 bits per heavy atom. The lowest BCUT2D eigenvalue weighted by Crippen LogP contribution is -2.32. The van der Waals surface area contributed by atoms with Gasteiger partial charge in [-0.25, -0.2) is 14.6 Å². The summed E-state index contributed by atoms with van der Waals surface area (Å²) < 4.78 is 5.43. The number of benzene rings is 2. The number of anilines is 1. The van der Waals surface area contributed by atoms with E-state index >= 15 is 0 Å². The molecule has 3 N–H and O–H groups in total. The van der Waals surface area contributed by atoms with E-state index in [4.69, 9.17) is 9.84 Å². The molecule has 0 aliphatic heterocycles. The highest BCUT2D eigenvalue weighted by Crippen LogP contribution is 2.21. The fourth-order valence-corrected chi connectivity index (χ4v) is 3.25. The highest BCUT2D eigenvalue weighted by Gasteiger charge is 2.23. The molecular weight excluding hydrogens is 424 g/mol. The third-order valence-electron chi connectivity index (χ3n) is 4.94. The summed E-state index contributed by atoms with van der Waals surface area (Å²) >= 11 is 0. The quantitative estimate of drug-likeness (QED) is 0.368. The fourth-order valence-electron chi connectivity index (χ4n) is 3.25. The molecule has 9 heteroatoms. The number of carbonyl (C=O) groups is 3. The average Bonchev–Trinajstić information content (AvgIpc) is 3.26. The predicted molar refractivity (Wildman–Crippen MR) is 121 cm³/mol. The summed E-state index contributed by atoms with van der Waals surface area (Å²) in [6, 6.07) is 14.4. The first kappa shape index (κ1) is 21.7. The van der Waals surface area contributed by atoms with Crippen molar-refractivity contribution in [1.29, 1.82) is 0 Å². The summed E-state index contributed by atoms with van der Waals surface area (Å²) in [7, 11) is 0. The Morgan fingerprint density at radius 3 is 2.67 bits per heavy atom. The summed E-state index contributed by atoms with van der Waals surface area (Å²) in [6.07, 6.45) is 2.55. The van der Waals surface area contributed by atoms with Crippen molar-refractivity contribution in [2.24, 2.45) is 0 Å². The van der Waals surface area contributed by atoms with Crippen LogP contribution in [0.4, 0.5) is 5.69 Å². The molecule has 0 aliphatic rings. The van der Waals surface area contributed by atoms with Gasteiger partial charge in [-0.2, -0.15) is 0 Å². The van der Waals surface area contributed by atoms with Crippen LogP contribution in [0.25, 0.3) is 22.4 Å². The Labute approximate surface area is 188 Å². The number of imidazole rings is 1. The maximum atomic E-state index is 12.7. The summed E-state index contributed by atoms with van der Waals surface area (Å²) in [5, 5.41) is 11.7. The molecule has 0 saturated heterocycles. The van der Waals surface area contributed by atoms with Crippen molar-refractivity contribution >= 4 is 34.6 Å². The van der Waals surface area contributed by atoms with Gasteiger partial charge < -0.3 is 20.1 Å². The lowest BCUT2D eigenvalue weighted by atomic mass is 10.2. The van der Waals surface area contributed by atoms with Crippen LogP contribution in [0.15, 0.2) is 67.0 Å². The average molecular weight is 444 g/mol. The third-order valence-corrected chi connectivity index (χ3v) is 4.94. The molecule has 2 aromatic carbocycles. The molecule has 166 valence electrons. The van der Waals surface area contributed by atoms with E-state index in [1.165, 1.54) is 18.2 Å². The zero-order valence-corrected chi connectivity index (χ0v) is 17.6. The third kappa shape index (κ3) is 4.87. The van der Waals surface area contributed by atoms with Crippen molar-refractivity contribution in [2.45, 2.75) is 19.4 Å². The summed E-state index contributed by atoms with van der Waals surface area (Å²) in [5.41, 5.74) is 2.74. The van der Waals surface area contributed by atoms with Gasteiger partial charge in [-0.3, -0.25) is 9.78 Å². The van der Waals surface area contributed by atoms with Gasteiger partial charge in [-0.1, -0.05) is 13.0 Å². The minimum absolute atomic E-state index is 0.0383. The van der Waals surface area contributed by atoms with Gasteiger partial charge in [0.15, 0.2) is 6.10 Å². The van der Waals surface area contributed by atoms with Gasteiger partial charge in [0.2, 0.25) is 0 Å². The van der Waals surface area contributed by atoms with Crippen LogP contribution in [0.3, 0.4) is 0 Å². The molecule has 0 radical (unpaired) electrons. The van der Waals surface area contributed by atoms with Crippen LogP contribution in [0.2, 0.25) is 0 Å². The SMILES string of the molecule is CCC(OC(=O)c1ccc2nc(-c3cccnc3)[nH]c2c1)C(=O)Nc1cccc(C(=O)O)c1. The number of esters is 1. The molecule has 33 heavy (non-hydrogen) atoms. The molecule has 1 atom stereocenters. The summed E-state index contributed by atoms with van der Waals surface area (Å²) in [6.45, 7) is 1.71. The zero-order chi connectivity index (χ0) is 23.4. The predicted octanol–water partition coefficient (Wildman–Crippen LogP) is 3.90. The number of rotatable bonds is 7. The highest BCUT2D eigenvalue weighted by atomic mass is 16.5. The lowest BCUT2D eigenvalue weighted by molar-refractivity contribution is -0.124. The van der Waals surface area contributed by atoms with E-state index < -0.39 is 23.9 Å². The van der Waals surface area contributed by atoms with E-state index in [0.29, 0.717) is 22.5 Å². The molecule has 2 heterocycles. The second kappa shape index (κ2) is 9.31. The second-order valence-electron chi connectivity index (χ2n) is 7.24. The molecule has 0 bridgehead atoms. The number of carbonyl (C=O) groups excluding carboxylic acids is 2. The Bertz CT molecular complexity index is 1330. The van der Waals surface area contributed by atoms with Gasteiger partial charge in [0, 0.05) is 23.6 Å². The molecule has 0 saturated carbocycles. The Hall–Kier alpha value is -4.53. The monoisotopic (exact) mass is 444 g/mol. The second-order valence-corrected chi connectivity index (χ2v) is 7.24. The molecule has 0 spiro atoms. The first-order valence-corrected chi connectivity index (χ1v) is 10.2. The summed E-state index contributed by atoms with van der Waals surface area (Å²) in [4.78, 5) is 48.2. The topological polar surface area (TPSA) is 134 Å². The molecular formula is C24H20N4O5. The maximum absolute atomic E-state index is 12.7. The van der Waals surface area contributed by atoms with E-state index in [1.54, 1.807) is 49.6 Å². The molecule has 4 rings (SSSR count). The Kier molecular flexibility index (Phi) is 6.12. The number of hydrogen-bond donors (Lipinski definition) is 3. The molecule has 2 aromatic heterocycles. The molecule has 0 aliphatic carbocycles. The van der Waals surface area contributed by atoms with Gasteiger partial charge in [0.05, 0.1) is 22.2 Å².